The van der Waals surface area contributed by atoms with Crippen molar-refractivity contribution < 1.29 is 9.84 Å². The van der Waals surface area contributed by atoms with Gasteiger partial charge in [0.25, 0.3) is 0 Å². The van der Waals surface area contributed by atoms with Gasteiger partial charge in [-0.2, -0.15) is 0 Å². The Bertz CT molecular complexity index is 1570. The van der Waals surface area contributed by atoms with Gasteiger partial charge in [-0.15, -0.1) is 0 Å². The average molecular weight is 505 g/mol. The molecule has 1 atom stereocenters. The number of nitrogens with zero attached hydrogens (tertiary/aromatic N) is 4. The second-order valence-corrected chi connectivity index (χ2v) is 11.0. The van der Waals surface area contributed by atoms with E-state index in [0.717, 1.165) is 48.7 Å². The average Bonchev–Trinajstić information content (AvgIpc) is 3.11. The maximum atomic E-state index is 9.67. The number of hydrogen-bond donors (Lipinski definition) is 1. The van der Waals surface area contributed by atoms with Gasteiger partial charge in [-0.1, -0.05) is 42.5 Å². The fraction of sp³-hybridized carbons (Fsp3) is 0.281. The second-order valence-electron chi connectivity index (χ2n) is 11.0. The molecule has 7 rings (SSSR count). The van der Waals surface area contributed by atoms with Crippen molar-refractivity contribution in [2.45, 2.75) is 25.0 Å². The van der Waals surface area contributed by atoms with Crippen molar-refractivity contribution in [2.75, 3.05) is 47.9 Å². The number of aliphatic imine (C=N–C) groups is 1. The number of para-hydroxylation sites is 1. The second kappa shape index (κ2) is 8.15. The zero-order valence-corrected chi connectivity index (χ0v) is 22.1. The normalized spacial score (nSPS) is 21.5. The molecule has 0 saturated carbocycles. The largest absolute Gasteiger partial charge is 0.508 e. The molecule has 1 saturated heterocycles. The Morgan fingerprint density at radius 1 is 0.789 bits per heavy atom. The maximum absolute atomic E-state index is 9.67. The van der Waals surface area contributed by atoms with Gasteiger partial charge in [-0.05, 0) is 49.7 Å². The first kappa shape index (κ1) is 23.0. The molecule has 38 heavy (non-hydrogen) atoms. The van der Waals surface area contributed by atoms with Gasteiger partial charge in [-0.3, -0.25) is 4.99 Å². The van der Waals surface area contributed by atoms with Crippen molar-refractivity contribution >= 4 is 39.7 Å². The molecule has 1 unspecified atom stereocenters. The molecular formula is C32H32N4O2. The number of fused-ring (bicyclic) bond motifs is 4. The predicted octanol–water partition coefficient (Wildman–Crippen LogP) is 6.09. The molecule has 4 aromatic rings. The van der Waals surface area contributed by atoms with Gasteiger partial charge < -0.3 is 24.5 Å². The topological polar surface area (TPSA) is 51.5 Å². The van der Waals surface area contributed by atoms with Crippen LogP contribution in [0.15, 0.2) is 83.9 Å². The predicted molar refractivity (Wildman–Crippen MR) is 156 cm³/mol. The number of aromatic hydroxyl groups is 1. The summed E-state index contributed by atoms with van der Waals surface area (Å²) in [4.78, 5) is 12.2. The molecule has 1 fully saturated rings. The summed E-state index contributed by atoms with van der Waals surface area (Å²) in [6, 6.07) is 26.8. The minimum absolute atomic E-state index is 0.291. The third-order valence-electron chi connectivity index (χ3n) is 8.76. The number of phenols is 1. The van der Waals surface area contributed by atoms with E-state index in [1.54, 1.807) is 12.1 Å². The van der Waals surface area contributed by atoms with E-state index >= 15 is 0 Å². The summed E-state index contributed by atoms with van der Waals surface area (Å²) in [6.45, 7) is 8.10. The molecule has 0 aromatic heterocycles. The van der Waals surface area contributed by atoms with Crippen molar-refractivity contribution in [3.8, 4) is 11.5 Å². The van der Waals surface area contributed by atoms with Gasteiger partial charge in [0.15, 0.2) is 5.75 Å². The molecule has 0 aliphatic carbocycles. The van der Waals surface area contributed by atoms with Crippen LogP contribution in [0.1, 0.15) is 19.4 Å². The van der Waals surface area contributed by atoms with E-state index in [9.17, 15) is 5.11 Å². The van der Waals surface area contributed by atoms with Gasteiger partial charge in [0.1, 0.15) is 11.4 Å². The highest BCUT2D eigenvalue weighted by atomic mass is 16.5. The molecule has 0 amide bonds. The van der Waals surface area contributed by atoms with Crippen LogP contribution in [0, 0.1) is 0 Å². The SMILES string of the molecule is CN1c2ccccc2C(C)(C)C12C=Nc1c(cc(N3CCN(c4ccc(O)cc4)CC3)c3ccccc13)O2. The molecule has 3 heterocycles. The zero-order chi connectivity index (χ0) is 26.1. The standard InChI is InChI=1S/C32H32N4O2/c1-31(2)26-10-6-7-11-27(26)34(3)32(31)21-33-30-25-9-5-4-8-24(25)28(20-29(30)38-32)36-18-16-35(17-19-36)22-12-14-23(37)15-13-22/h4-15,20-21,37H,16-19H2,1-3H3. The van der Waals surface area contributed by atoms with Crippen LogP contribution in [0.5, 0.6) is 11.5 Å². The Kier molecular flexibility index (Phi) is 4.93. The van der Waals surface area contributed by atoms with E-state index in [4.69, 9.17) is 9.73 Å². The lowest BCUT2D eigenvalue weighted by Gasteiger charge is -2.45. The lowest BCUT2D eigenvalue weighted by molar-refractivity contribution is 0.0827. The van der Waals surface area contributed by atoms with E-state index in [-0.39, 0.29) is 5.41 Å². The molecule has 6 heteroatoms. The zero-order valence-electron chi connectivity index (χ0n) is 22.1. The molecule has 3 aliphatic heterocycles. The monoisotopic (exact) mass is 504 g/mol. The van der Waals surface area contributed by atoms with Crippen molar-refractivity contribution in [3.05, 3.63) is 84.4 Å². The molecule has 0 bridgehead atoms. The van der Waals surface area contributed by atoms with Crippen molar-refractivity contribution in [1.29, 1.82) is 0 Å². The number of phenolic OH excluding ortho intramolecular Hbond substituents is 1. The Balaban J connectivity index is 1.26. The number of likely N-dealkylation sites (N-methyl/N-ethyl adjacent to an activating group) is 1. The summed E-state index contributed by atoms with van der Waals surface area (Å²) in [7, 11) is 2.11. The van der Waals surface area contributed by atoms with Crippen LogP contribution < -0.4 is 19.4 Å². The Morgan fingerprint density at radius 2 is 1.45 bits per heavy atom. The van der Waals surface area contributed by atoms with Crippen LogP contribution in [0.3, 0.4) is 0 Å². The maximum Gasteiger partial charge on any atom is 0.228 e. The van der Waals surface area contributed by atoms with E-state index in [2.05, 4.69) is 90.2 Å². The first-order valence-corrected chi connectivity index (χ1v) is 13.3. The van der Waals surface area contributed by atoms with Crippen molar-refractivity contribution in [2.24, 2.45) is 4.99 Å². The number of ether oxygens (including phenoxy) is 1. The molecule has 192 valence electrons. The summed E-state index contributed by atoms with van der Waals surface area (Å²) in [6.07, 6.45) is 2.01. The summed E-state index contributed by atoms with van der Waals surface area (Å²) in [5.41, 5.74) is 4.68. The number of benzene rings is 4. The number of piperazine rings is 1. The van der Waals surface area contributed by atoms with Crippen LogP contribution >= 0.6 is 0 Å². The van der Waals surface area contributed by atoms with Crippen molar-refractivity contribution in [3.63, 3.8) is 0 Å². The molecular weight excluding hydrogens is 472 g/mol. The van der Waals surface area contributed by atoms with Crippen LogP contribution in [0.2, 0.25) is 0 Å². The number of rotatable bonds is 2. The van der Waals surface area contributed by atoms with E-state index in [0.29, 0.717) is 5.75 Å². The minimum atomic E-state index is -0.707. The van der Waals surface area contributed by atoms with Crippen LogP contribution in [-0.2, 0) is 5.41 Å². The molecule has 1 spiro atoms. The number of hydrogen-bond acceptors (Lipinski definition) is 6. The minimum Gasteiger partial charge on any atom is -0.508 e. The van der Waals surface area contributed by atoms with Crippen LogP contribution in [0.25, 0.3) is 10.8 Å². The highest BCUT2D eigenvalue weighted by molar-refractivity contribution is 6.06. The molecule has 4 aromatic carbocycles. The van der Waals surface area contributed by atoms with E-state index in [1.807, 2.05) is 18.3 Å². The molecule has 3 aliphatic rings. The molecule has 0 radical (unpaired) electrons. The van der Waals surface area contributed by atoms with Gasteiger partial charge in [0.05, 0.1) is 11.6 Å². The Morgan fingerprint density at radius 3 is 2.18 bits per heavy atom. The highest BCUT2D eigenvalue weighted by Gasteiger charge is 2.58. The van der Waals surface area contributed by atoms with Crippen LogP contribution in [-0.4, -0.2) is 50.3 Å². The van der Waals surface area contributed by atoms with Gasteiger partial charge in [-0.25, -0.2) is 0 Å². The fourth-order valence-electron chi connectivity index (χ4n) is 6.53. The first-order chi connectivity index (χ1) is 18.4. The Labute approximate surface area is 223 Å². The third kappa shape index (κ3) is 3.16. The summed E-state index contributed by atoms with van der Waals surface area (Å²) >= 11 is 0. The lowest BCUT2D eigenvalue weighted by Crippen LogP contribution is -2.61. The summed E-state index contributed by atoms with van der Waals surface area (Å²) in [5.74, 6) is 1.13. The lowest BCUT2D eigenvalue weighted by atomic mass is 9.77. The number of anilines is 3. The summed E-state index contributed by atoms with van der Waals surface area (Å²) < 4.78 is 7.05. The fourth-order valence-corrected chi connectivity index (χ4v) is 6.53. The van der Waals surface area contributed by atoms with E-state index < -0.39 is 5.72 Å². The first-order valence-electron chi connectivity index (χ1n) is 13.3. The van der Waals surface area contributed by atoms with Gasteiger partial charge in [0, 0.05) is 67.1 Å². The summed E-state index contributed by atoms with van der Waals surface area (Å²) in [5, 5.41) is 12.0. The molecule has 1 N–H and O–H groups in total. The third-order valence-corrected chi connectivity index (χ3v) is 8.76. The Hall–Kier alpha value is -4.19. The van der Waals surface area contributed by atoms with Gasteiger partial charge >= 0.3 is 0 Å². The van der Waals surface area contributed by atoms with Crippen molar-refractivity contribution in [1.82, 2.24) is 0 Å². The van der Waals surface area contributed by atoms with Crippen LogP contribution in [0.4, 0.5) is 22.7 Å². The molecule has 6 nitrogen and oxygen atoms in total. The highest BCUT2D eigenvalue weighted by Crippen LogP contribution is 2.55. The quantitative estimate of drug-likeness (QED) is 0.358. The van der Waals surface area contributed by atoms with Gasteiger partial charge in [0.2, 0.25) is 5.72 Å². The smallest absolute Gasteiger partial charge is 0.228 e. The van der Waals surface area contributed by atoms with E-state index in [1.165, 1.54) is 22.3 Å².